The lowest BCUT2D eigenvalue weighted by Gasteiger charge is -2.27. The van der Waals surface area contributed by atoms with Gasteiger partial charge in [-0.1, -0.05) is 56.1 Å². The fourth-order valence-electron chi connectivity index (χ4n) is 4.27. The molecule has 0 bridgehead atoms. The number of hydrogen-bond acceptors (Lipinski definition) is 5. The van der Waals surface area contributed by atoms with E-state index in [-0.39, 0.29) is 0 Å². The molecule has 4 aromatic carbocycles. The Bertz CT molecular complexity index is 1300. The quantitative estimate of drug-likeness (QED) is 0.173. The van der Waals surface area contributed by atoms with E-state index in [1.807, 2.05) is 84.9 Å². The van der Waals surface area contributed by atoms with Crippen LogP contribution in [-0.2, 0) is 10.8 Å². The van der Waals surface area contributed by atoms with Gasteiger partial charge in [0.15, 0.2) is 0 Å². The molecule has 0 heterocycles. The monoisotopic (exact) mass is 658 g/mol. The summed E-state index contributed by atoms with van der Waals surface area (Å²) in [6.07, 6.45) is 0. The zero-order chi connectivity index (χ0) is 27.2. The molecule has 4 rings (SSSR count). The molecule has 2 atom stereocenters. The molecule has 0 amide bonds. The second-order valence-electron chi connectivity index (χ2n) is 8.41. The first-order chi connectivity index (χ1) is 18.4. The maximum absolute atomic E-state index is 15.0. The van der Waals surface area contributed by atoms with Crippen molar-refractivity contribution >= 4 is 42.7 Å². The second kappa shape index (κ2) is 12.8. The van der Waals surface area contributed by atoms with Gasteiger partial charge in [-0.15, -0.1) is 0 Å². The molecule has 8 heteroatoms. The fraction of sp³-hybridized carbons (Fsp3) is 0.200. The van der Waals surface area contributed by atoms with Gasteiger partial charge in [-0.05, 0) is 82.9 Å². The fourth-order valence-corrected chi connectivity index (χ4v) is 7.54. The van der Waals surface area contributed by atoms with Crippen molar-refractivity contribution in [2.75, 3.05) is 28.4 Å². The van der Waals surface area contributed by atoms with Crippen molar-refractivity contribution in [2.45, 2.75) is 10.5 Å². The molecule has 0 fully saturated rings. The molecule has 4 aromatic rings. The molecule has 198 valence electrons. The SMILES string of the molecule is COc1ccc(C(c2cc(OC)ccc2Br)S(=O)C(c2ccc(OC)cc2)c2cc(OC)ccc2Br)cc1. The van der Waals surface area contributed by atoms with Crippen LogP contribution in [0.25, 0.3) is 0 Å². The molecule has 0 N–H and O–H groups in total. The van der Waals surface area contributed by atoms with Crippen molar-refractivity contribution in [2.24, 2.45) is 0 Å². The number of rotatable bonds is 10. The predicted octanol–water partition coefficient (Wildman–Crippen LogP) is 7.87. The number of benzene rings is 4. The average Bonchev–Trinajstić information content (AvgIpc) is 2.96. The molecule has 38 heavy (non-hydrogen) atoms. The van der Waals surface area contributed by atoms with Gasteiger partial charge in [0.1, 0.15) is 23.0 Å². The van der Waals surface area contributed by atoms with Crippen molar-refractivity contribution in [3.63, 3.8) is 0 Å². The molecule has 0 aliphatic carbocycles. The van der Waals surface area contributed by atoms with E-state index in [2.05, 4.69) is 31.9 Å². The van der Waals surface area contributed by atoms with Gasteiger partial charge < -0.3 is 18.9 Å². The summed E-state index contributed by atoms with van der Waals surface area (Å²) in [5, 5.41) is -1.01. The van der Waals surface area contributed by atoms with Gasteiger partial charge in [-0.2, -0.15) is 0 Å². The van der Waals surface area contributed by atoms with E-state index in [0.29, 0.717) is 11.5 Å². The van der Waals surface area contributed by atoms with Crippen LogP contribution >= 0.6 is 31.9 Å². The predicted molar refractivity (Wildman–Crippen MR) is 159 cm³/mol. The summed E-state index contributed by atoms with van der Waals surface area (Å²) in [4.78, 5) is 0. The van der Waals surface area contributed by atoms with Crippen molar-refractivity contribution in [3.8, 4) is 23.0 Å². The number of methoxy groups -OCH3 is 4. The smallest absolute Gasteiger partial charge is 0.119 e. The number of hydrogen-bond donors (Lipinski definition) is 0. The molecule has 0 spiro atoms. The van der Waals surface area contributed by atoms with E-state index in [1.54, 1.807) is 28.4 Å². The van der Waals surface area contributed by atoms with Crippen LogP contribution in [0.5, 0.6) is 23.0 Å². The van der Waals surface area contributed by atoms with E-state index in [1.165, 1.54) is 0 Å². The Labute approximate surface area is 242 Å². The normalized spacial score (nSPS) is 13.3. The Hall–Kier alpha value is -2.81. The molecular formula is C30H28Br2O5S. The molecule has 0 saturated carbocycles. The lowest BCUT2D eigenvalue weighted by atomic mass is 10.0. The minimum atomic E-state index is -1.51. The van der Waals surface area contributed by atoms with Gasteiger partial charge in [0, 0.05) is 19.7 Å². The molecule has 2 unspecified atom stereocenters. The summed E-state index contributed by atoms with van der Waals surface area (Å²) in [7, 11) is 5.00. The highest BCUT2D eigenvalue weighted by Gasteiger charge is 2.33. The van der Waals surface area contributed by atoms with Crippen LogP contribution in [0.3, 0.4) is 0 Å². The number of ether oxygens (including phenoxy) is 4. The van der Waals surface area contributed by atoms with Crippen molar-refractivity contribution < 1.29 is 23.2 Å². The van der Waals surface area contributed by atoms with E-state index in [4.69, 9.17) is 18.9 Å². The van der Waals surface area contributed by atoms with Crippen LogP contribution < -0.4 is 18.9 Å². The zero-order valence-corrected chi connectivity index (χ0v) is 25.4. The van der Waals surface area contributed by atoms with Crippen molar-refractivity contribution in [1.82, 2.24) is 0 Å². The van der Waals surface area contributed by atoms with Crippen LogP contribution in [0, 0.1) is 0 Å². The van der Waals surface area contributed by atoms with Gasteiger partial charge in [-0.25, -0.2) is 0 Å². The maximum atomic E-state index is 15.0. The Morgan fingerprint density at radius 2 is 0.842 bits per heavy atom. The Balaban J connectivity index is 1.96. The summed E-state index contributed by atoms with van der Waals surface area (Å²) in [5.41, 5.74) is 3.47. The van der Waals surface area contributed by atoms with E-state index in [9.17, 15) is 4.21 Å². The van der Waals surface area contributed by atoms with Crippen LogP contribution in [0.2, 0.25) is 0 Å². The third-order valence-corrected chi connectivity index (χ3v) is 9.70. The summed E-state index contributed by atoms with van der Waals surface area (Å²) < 4.78 is 38.5. The third kappa shape index (κ3) is 6.08. The highest BCUT2D eigenvalue weighted by atomic mass is 79.9. The average molecular weight is 660 g/mol. The minimum Gasteiger partial charge on any atom is -0.497 e. The van der Waals surface area contributed by atoms with Gasteiger partial charge in [0.05, 0.1) is 38.9 Å². The Morgan fingerprint density at radius 3 is 1.16 bits per heavy atom. The topological polar surface area (TPSA) is 54.0 Å². The minimum absolute atomic E-state index is 0.504. The lowest BCUT2D eigenvalue weighted by Crippen LogP contribution is -2.18. The molecule has 0 radical (unpaired) electrons. The lowest BCUT2D eigenvalue weighted by molar-refractivity contribution is 0.414. The summed E-state index contributed by atoms with van der Waals surface area (Å²) in [5.74, 6) is 2.82. The Morgan fingerprint density at radius 1 is 0.526 bits per heavy atom. The summed E-state index contributed by atoms with van der Waals surface area (Å²) >= 11 is 7.42. The molecule has 0 aliphatic heterocycles. The van der Waals surface area contributed by atoms with Gasteiger partial charge >= 0.3 is 0 Å². The standard InChI is InChI=1S/C30H28Br2O5S/c1-34-21-9-5-19(6-10-21)29(25-17-23(36-3)13-15-27(25)31)38(33)30(20-7-11-22(35-2)12-8-20)26-18-24(37-4)14-16-28(26)32/h5-18,29-30H,1-4H3. The highest BCUT2D eigenvalue weighted by molar-refractivity contribution is 9.10. The first-order valence-corrected chi connectivity index (χ1v) is 14.6. The third-order valence-electron chi connectivity index (χ3n) is 6.27. The van der Waals surface area contributed by atoms with Crippen LogP contribution in [0.4, 0.5) is 0 Å². The Kier molecular flexibility index (Phi) is 9.52. The molecular weight excluding hydrogens is 632 g/mol. The van der Waals surface area contributed by atoms with E-state index in [0.717, 1.165) is 42.7 Å². The summed E-state index contributed by atoms with van der Waals surface area (Å²) in [6, 6.07) is 26.8. The molecule has 0 aliphatic rings. The highest BCUT2D eigenvalue weighted by Crippen LogP contribution is 2.45. The molecule has 5 nitrogen and oxygen atoms in total. The maximum Gasteiger partial charge on any atom is 0.119 e. The largest absolute Gasteiger partial charge is 0.497 e. The van der Waals surface area contributed by atoms with Crippen LogP contribution in [0.1, 0.15) is 32.8 Å². The van der Waals surface area contributed by atoms with Gasteiger partial charge in [0.25, 0.3) is 0 Å². The first kappa shape index (κ1) is 28.2. The van der Waals surface area contributed by atoms with E-state index < -0.39 is 21.3 Å². The first-order valence-electron chi connectivity index (χ1n) is 11.7. The molecule has 0 aromatic heterocycles. The molecule has 0 saturated heterocycles. The van der Waals surface area contributed by atoms with Crippen LogP contribution in [0.15, 0.2) is 93.9 Å². The van der Waals surface area contributed by atoms with Crippen molar-refractivity contribution in [1.29, 1.82) is 0 Å². The zero-order valence-electron chi connectivity index (χ0n) is 21.4. The van der Waals surface area contributed by atoms with Gasteiger partial charge in [-0.3, -0.25) is 4.21 Å². The van der Waals surface area contributed by atoms with E-state index >= 15 is 0 Å². The summed E-state index contributed by atoms with van der Waals surface area (Å²) in [6.45, 7) is 0. The van der Waals surface area contributed by atoms with Gasteiger partial charge in [0.2, 0.25) is 0 Å². The second-order valence-corrected chi connectivity index (χ2v) is 11.7. The van der Waals surface area contributed by atoms with Crippen LogP contribution in [-0.4, -0.2) is 32.6 Å². The van der Waals surface area contributed by atoms with Crippen molar-refractivity contribution in [3.05, 3.63) is 116 Å². The number of halogens is 2.